The zero-order valence-electron chi connectivity index (χ0n) is 9.14. The molecule has 0 heterocycles. The van der Waals surface area contributed by atoms with Crippen LogP contribution in [0.5, 0.6) is 0 Å². The molecule has 0 saturated heterocycles. The van der Waals surface area contributed by atoms with Gasteiger partial charge >= 0.3 is 0 Å². The molecule has 1 unspecified atom stereocenters. The van der Waals surface area contributed by atoms with E-state index < -0.39 is 5.60 Å². The van der Waals surface area contributed by atoms with Gasteiger partial charge < -0.3 is 10.8 Å². The lowest BCUT2D eigenvalue weighted by Gasteiger charge is -2.43. The van der Waals surface area contributed by atoms with Gasteiger partial charge in [0.15, 0.2) is 0 Å². The summed E-state index contributed by atoms with van der Waals surface area (Å²) in [5.41, 5.74) is 5.74. The summed E-state index contributed by atoms with van der Waals surface area (Å²) in [6.07, 6.45) is 4.80. The first kappa shape index (κ1) is 11.0. The van der Waals surface area contributed by atoms with E-state index in [1.807, 2.05) is 6.92 Å². The molecule has 78 valence electrons. The van der Waals surface area contributed by atoms with Gasteiger partial charge in [-0.15, -0.1) is 0 Å². The van der Waals surface area contributed by atoms with Crippen molar-refractivity contribution >= 4 is 0 Å². The molecule has 1 aliphatic carbocycles. The zero-order valence-corrected chi connectivity index (χ0v) is 9.14. The number of hydrogen-bond donors (Lipinski definition) is 2. The predicted molar refractivity (Wildman–Crippen MR) is 55.5 cm³/mol. The largest absolute Gasteiger partial charge is 0.388 e. The Morgan fingerprint density at radius 1 is 1.23 bits per heavy atom. The Balaban J connectivity index is 2.56. The van der Waals surface area contributed by atoms with Crippen molar-refractivity contribution in [3.63, 3.8) is 0 Å². The van der Waals surface area contributed by atoms with Crippen LogP contribution in [-0.2, 0) is 0 Å². The highest BCUT2D eigenvalue weighted by atomic mass is 16.3. The van der Waals surface area contributed by atoms with Crippen LogP contribution in [0.1, 0.15) is 52.9 Å². The van der Waals surface area contributed by atoms with Crippen LogP contribution in [-0.4, -0.2) is 16.7 Å². The van der Waals surface area contributed by atoms with Gasteiger partial charge in [-0.25, -0.2) is 0 Å². The molecule has 0 radical (unpaired) electrons. The summed E-state index contributed by atoms with van der Waals surface area (Å²) in [7, 11) is 0. The Bertz CT molecular complexity index is 167. The van der Waals surface area contributed by atoms with E-state index in [1.54, 1.807) is 0 Å². The molecule has 1 rings (SSSR count). The van der Waals surface area contributed by atoms with Gasteiger partial charge in [0.1, 0.15) is 0 Å². The Hall–Kier alpha value is -0.0800. The van der Waals surface area contributed by atoms with Crippen LogP contribution in [0.2, 0.25) is 0 Å². The second-order valence-electron chi connectivity index (χ2n) is 5.28. The van der Waals surface area contributed by atoms with Gasteiger partial charge in [-0.05, 0) is 37.5 Å². The van der Waals surface area contributed by atoms with E-state index in [9.17, 15) is 5.11 Å². The molecule has 0 aromatic heterocycles. The van der Waals surface area contributed by atoms with E-state index in [1.165, 1.54) is 0 Å². The maximum absolute atomic E-state index is 10.2. The molecule has 2 heteroatoms. The minimum Gasteiger partial charge on any atom is -0.388 e. The summed E-state index contributed by atoms with van der Waals surface area (Å²) < 4.78 is 0. The third-order valence-electron chi connectivity index (χ3n) is 3.60. The van der Waals surface area contributed by atoms with Crippen molar-refractivity contribution < 1.29 is 5.11 Å². The van der Waals surface area contributed by atoms with E-state index in [0.29, 0.717) is 5.41 Å². The van der Waals surface area contributed by atoms with E-state index >= 15 is 0 Å². The molecular weight excluding hydrogens is 162 g/mol. The van der Waals surface area contributed by atoms with Gasteiger partial charge in [0.05, 0.1) is 5.60 Å². The molecule has 1 aliphatic rings. The quantitative estimate of drug-likeness (QED) is 0.691. The fourth-order valence-corrected chi connectivity index (χ4v) is 2.11. The third kappa shape index (κ3) is 2.44. The van der Waals surface area contributed by atoms with Gasteiger partial charge in [0.25, 0.3) is 0 Å². The van der Waals surface area contributed by atoms with Crippen molar-refractivity contribution in [1.82, 2.24) is 0 Å². The molecule has 0 aromatic carbocycles. The molecule has 1 fully saturated rings. The van der Waals surface area contributed by atoms with Crippen molar-refractivity contribution in [3.8, 4) is 0 Å². The third-order valence-corrected chi connectivity index (χ3v) is 3.60. The Morgan fingerprint density at radius 2 is 1.69 bits per heavy atom. The lowest BCUT2D eigenvalue weighted by Crippen LogP contribution is -2.50. The number of aliphatic hydroxyl groups is 1. The maximum atomic E-state index is 10.2. The number of nitrogens with two attached hydrogens (primary N) is 1. The zero-order chi connectivity index (χ0) is 10.1. The first-order chi connectivity index (χ1) is 5.90. The summed E-state index contributed by atoms with van der Waals surface area (Å²) >= 11 is 0. The second kappa shape index (κ2) is 3.58. The molecule has 0 aliphatic heterocycles. The van der Waals surface area contributed by atoms with E-state index in [2.05, 4.69) is 13.8 Å². The predicted octanol–water partition coefficient (Wildman–Crippen LogP) is 2.05. The van der Waals surface area contributed by atoms with Gasteiger partial charge in [-0.3, -0.25) is 0 Å². The van der Waals surface area contributed by atoms with Gasteiger partial charge in [0.2, 0.25) is 0 Å². The van der Waals surface area contributed by atoms with Crippen LogP contribution in [0, 0.1) is 5.41 Å². The van der Waals surface area contributed by atoms with E-state index in [4.69, 9.17) is 5.73 Å². The van der Waals surface area contributed by atoms with Crippen LogP contribution >= 0.6 is 0 Å². The molecule has 0 spiro atoms. The van der Waals surface area contributed by atoms with Crippen LogP contribution in [0.3, 0.4) is 0 Å². The molecule has 0 bridgehead atoms. The lowest BCUT2D eigenvalue weighted by molar-refractivity contribution is -0.0460. The first-order valence-electron chi connectivity index (χ1n) is 5.38. The smallest absolute Gasteiger partial charge is 0.0798 e. The van der Waals surface area contributed by atoms with Crippen molar-refractivity contribution in [1.29, 1.82) is 0 Å². The highest BCUT2D eigenvalue weighted by Crippen LogP contribution is 2.41. The summed E-state index contributed by atoms with van der Waals surface area (Å²) in [6.45, 7) is 6.58. The van der Waals surface area contributed by atoms with Crippen molar-refractivity contribution in [2.45, 2.75) is 64.5 Å². The van der Waals surface area contributed by atoms with E-state index in [0.717, 1.165) is 32.1 Å². The minimum atomic E-state index is -0.579. The van der Waals surface area contributed by atoms with Crippen LogP contribution < -0.4 is 5.73 Å². The molecule has 2 nitrogen and oxygen atoms in total. The van der Waals surface area contributed by atoms with Crippen LogP contribution in [0.4, 0.5) is 0 Å². The topological polar surface area (TPSA) is 46.2 Å². The summed E-state index contributed by atoms with van der Waals surface area (Å²) in [5.74, 6) is 0. The van der Waals surface area contributed by atoms with Crippen molar-refractivity contribution in [3.05, 3.63) is 0 Å². The van der Waals surface area contributed by atoms with Crippen molar-refractivity contribution in [2.75, 3.05) is 0 Å². The summed E-state index contributed by atoms with van der Waals surface area (Å²) in [4.78, 5) is 0. The SMILES string of the molecule is CCC(N)C1(O)CCC(C)(C)CC1. The molecule has 1 saturated carbocycles. The van der Waals surface area contributed by atoms with Crippen molar-refractivity contribution in [2.24, 2.45) is 11.1 Å². The van der Waals surface area contributed by atoms with E-state index in [-0.39, 0.29) is 6.04 Å². The fourth-order valence-electron chi connectivity index (χ4n) is 2.11. The average molecular weight is 185 g/mol. The monoisotopic (exact) mass is 185 g/mol. The molecule has 13 heavy (non-hydrogen) atoms. The average Bonchev–Trinajstić information content (AvgIpc) is 2.09. The summed E-state index contributed by atoms with van der Waals surface area (Å²) in [6, 6.07) is -0.0383. The molecule has 0 amide bonds. The Morgan fingerprint density at radius 3 is 2.08 bits per heavy atom. The van der Waals surface area contributed by atoms with Gasteiger partial charge in [0, 0.05) is 6.04 Å². The highest BCUT2D eigenvalue weighted by molar-refractivity contribution is 4.95. The van der Waals surface area contributed by atoms with Gasteiger partial charge in [-0.2, -0.15) is 0 Å². The molecular formula is C11H23NO. The lowest BCUT2D eigenvalue weighted by atomic mass is 9.68. The van der Waals surface area contributed by atoms with Crippen LogP contribution in [0.15, 0.2) is 0 Å². The fraction of sp³-hybridized carbons (Fsp3) is 1.00. The molecule has 3 N–H and O–H groups in total. The molecule has 0 aromatic rings. The summed E-state index contributed by atoms with van der Waals surface area (Å²) in [5, 5.41) is 10.2. The Labute approximate surface area is 81.5 Å². The highest BCUT2D eigenvalue weighted by Gasteiger charge is 2.39. The number of hydrogen-bond acceptors (Lipinski definition) is 2. The van der Waals surface area contributed by atoms with Crippen LogP contribution in [0.25, 0.3) is 0 Å². The Kier molecular flexibility index (Phi) is 3.03. The normalized spacial score (nSPS) is 28.4. The maximum Gasteiger partial charge on any atom is 0.0798 e. The number of rotatable bonds is 2. The van der Waals surface area contributed by atoms with Gasteiger partial charge in [-0.1, -0.05) is 20.8 Å². The minimum absolute atomic E-state index is 0.0383. The second-order valence-corrected chi connectivity index (χ2v) is 5.28. The standard InChI is InChI=1S/C11H23NO/c1-4-9(12)11(13)7-5-10(2,3)6-8-11/h9,13H,4-8,12H2,1-3H3. The first-order valence-corrected chi connectivity index (χ1v) is 5.38. The molecule has 1 atom stereocenters.